The Kier molecular flexibility index (Phi) is 3.02. The summed E-state index contributed by atoms with van der Waals surface area (Å²) in [4.78, 5) is 4.31. The fourth-order valence-electron chi connectivity index (χ4n) is 0.807. The highest BCUT2D eigenvalue weighted by atomic mass is 35.5. The van der Waals surface area contributed by atoms with E-state index >= 15 is 0 Å². The van der Waals surface area contributed by atoms with Gasteiger partial charge in [0.2, 0.25) is 5.69 Å². The predicted octanol–water partition coefficient (Wildman–Crippen LogP) is 0.253. The Balaban J connectivity index is 3.12. The minimum absolute atomic E-state index is 0.0465. The van der Waals surface area contributed by atoms with Crippen molar-refractivity contribution in [3.63, 3.8) is 0 Å². The van der Waals surface area contributed by atoms with Gasteiger partial charge < -0.3 is 10.9 Å². The molecule has 0 aliphatic heterocycles. The van der Waals surface area contributed by atoms with Gasteiger partial charge >= 0.3 is 0 Å². The number of hydrogen-bond donors (Lipinski definition) is 1. The van der Waals surface area contributed by atoms with Gasteiger partial charge in [-0.3, -0.25) is 0 Å². The highest BCUT2D eigenvalue weighted by Crippen LogP contribution is 2.02. The molecule has 0 radical (unpaired) electrons. The van der Waals surface area contributed by atoms with Crippen LogP contribution in [0.4, 0.5) is 5.95 Å². The van der Waals surface area contributed by atoms with Crippen molar-refractivity contribution in [2.75, 3.05) is 11.6 Å². The lowest BCUT2D eigenvalue weighted by molar-refractivity contribution is -0.674. The van der Waals surface area contributed by atoms with E-state index in [1.807, 2.05) is 0 Å². The maximum absolute atomic E-state index is 11.0. The number of nitrogens with zero attached hydrogens (tertiary/aromatic N) is 3. The molecular formula is C7H9ClN4O. The van der Waals surface area contributed by atoms with Crippen LogP contribution in [0.2, 0.25) is 0 Å². The molecule has 0 saturated carbocycles. The van der Waals surface area contributed by atoms with Gasteiger partial charge in [0.25, 0.3) is 5.95 Å². The molecule has 0 aromatic carbocycles. The summed E-state index contributed by atoms with van der Waals surface area (Å²) < 4.78 is 0. The molecule has 0 aliphatic carbocycles. The lowest BCUT2D eigenvalue weighted by Gasteiger charge is -2.00. The molecule has 2 N–H and O–H groups in total. The van der Waals surface area contributed by atoms with Crippen LogP contribution >= 0.6 is 11.6 Å². The predicted molar refractivity (Wildman–Crippen MR) is 49.9 cm³/mol. The van der Waals surface area contributed by atoms with E-state index in [0.717, 1.165) is 0 Å². The Labute approximate surface area is 80.4 Å². The molecule has 0 saturated heterocycles. The third kappa shape index (κ3) is 2.29. The summed E-state index contributed by atoms with van der Waals surface area (Å²) in [5, 5.41) is 14.4. The number of allylic oxidation sites excluding steroid dienone is 1. The molecule has 0 bridgehead atoms. The lowest BCUT2D eigenvalue weighted by atomic mass is 10.3. The van der Waals surface area contributed by atoms with Crippen molar-refractivity contribution >= 4 is 23.6 Å². The molecule has 0 spiro atoms. The molecule has 6 heteroatoms. The van der Waals surface area contributed by atoms with Crippen LogP contribution in [-0.2, 0) is 0 Å². The first kappa shape index (κ1) is 9.73. The van der Waals surface area contributed by atoms with Gasteiger partial charge in [-0.2, -0.15) is 0 Å². The van der Waals surface area contributed by atoms with E-state index in [1.165, 1.54) is 0 Å². The molecule has 0 unspecified atom stereocenters. The fourth-order valence-corrected chi connectivity index (χ4v) is 0.896. The SMILES string of the molecule is Cc1c(C=CCCl)nc(N)n[n+]1[O-]. The minimum Gasteiger partial charge on any atom is -0.594 e. The van der Waals surface area contributed by atoms with Crippen LogP contribution in [0.1, 0.15) is 11.4 Å². The van der Waals surface area contributed by atoms with Crippen LogP contribution in [-0.4, -0.2) is 16.0 Å². The van der Waals surface area contributed by atoms with Crippen LogP contribution in [0, 0.1) is 12.1 Å². The third-order valence-corrected chi connectivity index (χ3v) is 1.63. The maximum Gasteiger partial charge on any atom is 0.288 e. The largest absolute Gasteiger partial charge is 0.594 e. The highest BCUT2D eigenvalue weighted by Gasteiger charge is 2.09. The van der Waals surface area contributed by atoms with Gasteiger partial charge in [-0.15, -0.1) is 11.6 Å². The Hall–Kier alpha value is -1.36. The normalized spacial score (nSPS) is 10.9. The van der Waals surface area contributed by atoms with Gasteiger partial charge in [0.15, 0.2) is 0 Å². The Morgan fingerprint density at radius 1 is 1.69 bits per heavy atom. The van der Waals surface area contributed by atoms with E-state index in [4.69, 9.17) is 17.3 Å². The Bertz CT molecular complexity index is 340. The van der Waals surface area contributed by atoms with Crippen molar-refractivity contribution in [2.24, 2.45) is 0 Å². The molecular weight excluding hydrogens is 192 g/mol. The van der Waals surface area contributed by atoms with Gasteiger partial charge in [0, 0.05) is 12.8 Å². The summed E-state index contributed by atoms with van der Waals surface area (Å²) in [6, 6.07) is 0. The second-order valence-corrected chi connectivity index (χ2v) is 2.68. The molecule has 0 amide bonds. The molecule has 1 heterocycles. The quantitative estimate of drug-likeness (QED) is 0.422. The van der Waals surface area contributed by atoms with Crippen LogP contribution in [0.15, 0.2) is 6.08 Å². The van der Waals surface area contributed by atoms with Crippen molar-refractivity contribution in [1.82, 2.24) is 10.1 Å². The first-order valence-corrected chi connectivity index (χ1v) is 4.15. The number of nitrogens with two attached hydrogens (primary N) is 1. The molecule has 0 fully saturated rings. The van der Waals surface area contributed by atoms with Crippen LogP contribution < -0.4 is 10.6 Å². The van der Waals surface area contributed by atoms with Gasteiger partial charge in [-0.25, -0.2) is 4.98 Å². The summed E-state index contributed by atoms with van der Waals surface area (Å²) >= 11 is 5.44. The minimum atomic E-state index is -0.0465. The molecule has 5 nitrogen and oxygen atoms in total. The number of alkyl halides is 1. The smallest absolute Gasteiger partial charge is 0.288 e. The maximum atomic E-state index is 11.0. The standard InChI is InChI=1S/C7H9ClN4O/c1-5-6(3-2-4-8)10-7(9)11-12(5)13/h2-3H,4H2,1H3,(H2,9,10,11). The lowest BCUT2D eigenvalue weighted by Crippen LogP contribution is -2.37. The second-order valence-electron chi connectivity index (χ2n) is 2.37. The number of nitrogen functional groups attached to an aromatic ring is 1. The zero-order chi connectivity index (χ0) is 9.84. The van der Waals surface area contributed by atoms with Crippen molar-refractivity contribution in [3.05, 3.63) is 22.7 Å². The monoisotopic (exact) mass is 200 g/mol. The first-order chi connectivity index (χ1) is 6.15. The van der Waals surface area contributed by atoms with E-state index in [2.05, 4.69) is 10.1 Å². The fraction of sp³-hybridized carbons (Fsp3) is 0.286. The van der Waals surface area contributed by atoms with E-state index in [-0.39, 0.29) is 5.95 Å². The van der Waals surface area contributed by atoms with E-state index < -0.39 is 0 Å². The third-order valence-electron chi connectivity index (χ3n) is 1.45. The van der Waals surface area contributed by atoms with Gasteiger partial charge in [0.1, 0.15) is 5.69 Å². The summed E-state index contributed by atoms with van der Waals surface area (Å²) in [6.07, 6.45) is 3.31. The van der Waals surface area contributed by atoms with Gasteiger partial charge in [0.05, 0.1) is 5.10 Å². The molecule has 1 rings (SSSR count). The van der Waals surface area contributed by atoms with Crippen LogP contribution in [0.5, 0.6) is 0 Å². The number of halogens is 1. The Morgan fingerprint density at radius 3 is 3.00 bits per heavy atom. The number of aromatic nitrogens is 3. The number of rotatable bonds is 2. The summed E-state index contributed by atoms with van der Waals surface area (Å²) in [7, 11) is 0. The van der Waals surface area contributed by atoms with Crippen molar-refractivity contribution in [1.29, 1.82) is 0 Å². The molecule has 1 aromatic heterocycles. The summed E-state index contributed by atoms with van der Waals surface area (Å²) in [6.45, 7) is 1.61. The average molecular weight is 201 g/mol. The van der Waals surface area contributed by atoms with Crippen molar-refractivity contribution in [3.8, 4) is 0 Å². The van der Waals surface area contributed by atoms with E-state index in [1.54, 1.807) is 19.1 Å². The summed E-state index contributed by atoms with van der Waals surface area (Å²) in [5.74, 6) is 0.317. The molecule has 70 valence electrons. The summed E-state index contributed by atoms with van der Waals surface area (Å²) in [5.41, 5.74) is 6.18. The average Bonchev–Trinajstić information content (AvgIpc) is 2.09. The van der Waals surface area contributed by atoms with Crippen molar-refractivity contribution in [2.45, 2.75) is 6.92 Å². The first-order valence-electron chi connectivity index (χ1n) is 3.61. The Morgan fingerprint density at radius 2 is 2.38 bits per heavy atom. The van der Waals surface area contributed by atoms with Crippen LogP contribution in [0.3, 0.4) is 0 Å². The van der Waals surface area contributed by atoms with Gasteiger partial charge in [-0.1, -0.05) is 6.08 Å². The van der Waals surface area contributed by atoms with Crippen molar-refractivity contribution < 1.29 is 4.85 Å². The number of anilines is 1. The molecule has 0 aliphatic rings. The second kappa shape index (κ2) is 4.04. The number of hydrogen-bond acceptors (Lipinski definition) is 4. The van der Waals surface area contributed by atoms with Gasteiger partial charge in [-0.05, 0) is 10.9 Å². The van der Waals surface area contributed by atoms with E-state index in [0.29, 0.717) is 22.1 Å². The molecule has 1 aromatic rings. The van der Waals surface area contributed by atoms with Crippen LogP contribution in [0.25, 0.3) is 6.08 Å². The zero-order valence-corrected chi connectivity index (χ0v) is 7.82. The topological polar surface area (TPSA) is 78.7 Å². The van der Waals surface area contributed by atoms with E-state index in [9.17, 15) is 5.21 Å². The highest BCUT2D eigenvalue weighted by molar-refractivity contribution is 6.19. The molecule has 0 atom stereocenters. The zero-order valence-electron chi connectivity index (χ0n) is 7.07. The molecule has 13 heavy (non-hydrogen) atoms.